The number of hydrogen-bond acceptors (Lipinski definition) is 5. The highest BCUT2D eigenvalue weighted by molar-refractivity contribution is 5.88. The lowest BCUT2D eigenvalue weighted by Gasteiger charge is -2.04. The molecule has 25 heavy (non-hydrogen) atoms. The number of ether oxygens (including phenoxy) is 1. The number of nitrogens with one attached hydrogen (secondary N) is 2. The maximum atomic E-state index is 11.8. The van der Waals surface area contributed by atoms with Gasteiger partial charge in [0.25, 0.3) is 5.95 Å². The van der Waals surface area contributed by atoms with Crippen molar-refractivity contribution >= 4 is 18.0 Å². The van der Waals surface area contributed by atoms with E-state index in [1.807, 2.05) is 30.3 Å². The van der Waals surface area contributed by atoms with Crippen molar-refractivity contribution < 1.29 is 19.4 Å². The molecule has 0 unspecified atom stereocenters. The molecule has 0 fully saturated rings. The zero-order valence-electron chi connectivity index (χ0n) is 13.0. The second kappa shape index (κ2) is 7.26. The zero-order chi connectivity index (χ0) is 17.6. The Labute approximate surface area is 142 Å². The largest absolute Gasteiger partial charge is 0.478 e. The molecule has 0 saturated heterocycles. The van der Waals surface area contributed by atoms with Crippen molar-refractivity contribution in [2.24, 2.45) is 0 Å². The maximum absolute atomic E-state index is 11.8. The number of hydrogen-bond donors (Lipinski definition) is 3. The van der Waals surface area contributed by atoms with Gasteiger partial charge in [0.15, 0.2) is 5.82 Å². The monoisotopic (exact) mass is 338 g/mol. The van der Waals surface area contributed by atoms with Gasteiger partial charge in [-0.25, -0.2) is 9.59 Å². The lowest BCUT2D eigenvalue weighted by atomic mass is 10.1. The molecule has 1 aromatic heterocycles. The Morgan fingerprint density at radius 2 is 1.80 bits per heavy atom. The molecule has 8 nitrogen and oxygen atoms in total. The predicted octanol–water partition coefficient (Wildman–Crippen LogP) is 2.92. The molecule has 0 spiro atoms. The van der Waals surface area contributed by atoms with Crippen LogP contribution < -0.4 is 5.32 Å². The van der Waals surface area contributed by atoms with E-state index in [1.165, 1.54) is 12.1 Å². The molecule has 0 aliphatic rings. The first-order valence-corrected chi connectivity index (χ1v) is 7.35. The van der Waals surface area contributed by atoms with E-state index in [4.69, 9.17) is 9.84 Å². The smallest absolute Gasteiger partial charge is 0.414 e. The molecular weight excluding hydrogens is 324 g/mol. The second-order valence-electron chi connectivity index (χ2n) is 5.08. The van der Waals surface area contributed by atoms with Crippen LogP contribution in [0.3, 0.4) is 0 Å². The SMILES string of the molecule is O=C(Nc1n[nH]c(-c2ccc(C(=O)O)cc2)n1)OCc1ccccc1. The lowest BCUT2D eigenvalue weighted by molar-refractivity contribution is 0.0697. The third kappa shape index (κ3) is 4.20. The molecule has 0 atom stereocenters. The maximum Gasteiger partial charge on any atom is 0.414 e. The van der Waals surface area contributed by atoms with Crippen LogP contribution >= 0.6 is 0 Å². The van der Waals surface area contributed by atoms with Crippen LogP contribution in [0.5, 0.6) is 0 Å². The fourth-order valence-electron chi connectivity index (χ4n) is 2.07. The molecule has 3 N–H and O–H groups in total. The van der Waals surface area contributed by atoms with Gasteiger partial charge in [-0.15, -0.1) is 5.10 Å². The van der Waals surface area contributed by atoms with Crippen LogP contribution in [0.25, 0.3) is 11.4 Å². The van der Waals surface area contributed by atoms with Gasteiger partial charge in [-0.1, -0.05) is 42.5 Å². The number of aromatic amines is 1. The second-order valence-corrected chi connectivity index (χ2v) is 5.08. The van der Waals surface area contributed by atoms with Crippen molar-refractivity contribution in [3.63, 3.8) is 0 Å². The summed E-state index contributed by atoms with van der Waals surface area (Å²) in [6.07, 6.45) is -0.671. The van der Waals surface area contributed by atoms with Crippen LogP contribution in [-0.2, 0) is 11.3 Å². The quantitative estimate of drug-likeness (QED) is 0.658. The highest BCUT2D eigenvalue weighted by Crippen LogP contribution is 2.17. The number of aromatic nitrogens is 3. The van der Waals surface area contributed by atoms with Crippen molar-refractivity contribution in [3.05, 3.63) is 65.7 Å². The number of carboxylic acids is 1. The summed E-state index contributed by atoms with van der Waals surface area (Å²) in [6.45, 7) is 0.139. The van der Waals surface area contributed by atoms with Gasteiger partial charge in [0.2, 0.25) is 0 Å². The first-order valence-electron chi connectivity index (χ1n) is 7.35. The Bertz CT molecular complexity index is 875. The molecule has 126 valence electrons. The van der Waals surface area contributed by atoms with Gasteiger partial charge in [-0.2, -0.15) is 4.98 Å². The van der Waals surface area contributed by atoms with E-state index in [1.54, 1.807) is 12.1 Å². The highest BCUT2D eigenvalue weighted by atomic mass is 16.5. The minimum absolute atomic E-state index is 0.0652. The molecule has 1 heterocycles. The number of nitrogens with zero attached hydrogens (tertiary/aromatic N) is 2. The van der Waals surface area contributed by atoms with E-state index in [9.17, 15) is 9.59 Å². The van der Waals surface area contributed by atoms with E-state index in [0.29, 0.717) is 11.4 Å². The number of carboxylic acid groups (broad SMARTS) is 1. The van der Waals surface area contributed by atoms with Gasteiger partial charge in [0.1, 0.15) is 6.61 Å². The standard InChI is InChI=1S/C17H14N4O4/c22-15(23)13-8-6-12(7-9-13)14-18-16(21-20-14)19-17(24)25-10-11-4-2-1-3-5-11/h1-9H,10H2,(H,22,23)(H2,18,19,20,21,24). The third-order valence-electron chi connectivity index (χ3n) is 3.32. The van der Waals surface area contributed by atoms with Crippen LogP contribution in [0.1, 0.15) is 15.9 Å². The normalized spacial score (nSPS) is 10.2. The molecule has 0 aliphatic carbocycles. The van der Waals surface area contributed by atoms with Crippen LogP contribution in [0, 0.1) is 0 Å². The van der Waals surface area contributed by atoms with Crippen molar-refractivity contribution in [2.75, 3.05) is 5.32 Å². The summed E-state index contributed by atoms with van der Waals surface area (Å²) in [5, 5.41) is 17.9. The van der Waals surface area contributed by atoms with Crippen LogP contribution in [0.15, 0.2) is 54.6 Å². The molecule has 2 aromatic carbocycles. The summed E-state index contributed by atoms with van der Waals surface area (Å²) in [5.41, 5.74) is 1.68. The zero-order valence-corrected chi connectivity index (χ0v) is 13.0. The van der Waals surface area contributed by atoms with Gasteiger partial charge in [0, 0.05) is 5.56 Å². The van der Waals surface area contributed by atoms with E-state index in [2.05, 4.69) is 20.5 Å². The Hall–Kier alpha value is -3.68. The summed E-state index contributed by atoms with van der Waals surface area (Å²) >= 11 is 0. The van der Waals surface area contributed by atoms with Gasteiger partial charge in [0.05, 0.1) is 5.56 Å². The molecule has 0 saturated carbocycles. The fraction of sp³-hybridized carbons (Fsp3) is 0.0588. The number of carbonyl (C=O) groups is 2. The summed E-state index contributed by atoms with van der Waals surface area (Å²) in [4.78, 5) is 26.7. The Morgan fingerprint density at radius 1 is 1.08 bits per heavy atom. The van der Waals surface area contributed by atoms with Gasteiger partial charge in [-0.05, 0) is 17.7 Å². The number of aromatic carboxylic acids is 1. The van der Waals surface area contributed by atoms with E-state index in [0.717, 1.165) is 5.56 Å². The minimum Gasteiger partial charge on any atom is -0.478 e. The number of H-pyrrole nitrogens is 1. The fourth-order valence-corrected chi connectivity index (χ4v) is 2.07. The minimum atomic E-state index is -1.01. The van der Waals surface area contributed by atoms with Crippen molar-refractivity contribution in [1.82, 2.24) is 15.2 Å². The van der Waals surface area contributed by atoms with Crippen LogP contribution in [-0.4, -0.2) is 32.4 Å². The molecular formula is C17H14N4O4. The number of carbonyl (C=O) groups excluding carboxylic acids is 1. The third-order valence-corrected chi connectivity index (χ3v) is 3.32. The first kappa shape index (κ1) is 16.2. The highest BCUT2D eigenvalue weighted by Gasteiger charge is 2.11. The van der Waals surface area contributed by atoms with E-state index >= 15 is 0 Å². The molecule has 3 aromatic rings. The molecule has 0 radical (unpaired) electrons. The van der Waals surface area contributed by atoms with Crippen molar-refractivity contribution in [3.8, 4) is 11.4 Å². The molecule has 0 bridgehead atoms. The van der Waals surface area contributed by atoms with Crippen LogP contribution in [0.4, 0.5) is 10.7 Å². The average molecular weight is 338 g/mol. The summed E-state index contributed by atoms with van der Waals surface area (Å²) in [7, 11) is 0. The van der Waals surface area contributed by atoms with Gasteiger partial charge >= 0.3 is 12.1 Å². The first-order chi connectivity index (χ1) is 12.1. The van der Waals surface area contributed by atoms with Gasteiger partial charge in [-0.3, -0.25) is 10.4 Å². The number of amides is 1. The molecule has 3 rings (SSSR count). The number of rotatable bonds is 5. The van der Waals surface area contributed by atoms with Gasteiger partial charge < -0.3 is 9.84 Å². The summed E-state index contributed by atoms with van der Waals surface area (Å²) < 4.78 is 5.08. The lowest BCUT2D eigenvalue weighted by Crippen LogP contribution is -2.14. The molecule has 0 aliphatic heterocycles. The number of benzene rings is 2. The van der Waals surface area contributed by atoms with Crippen molar-refractivity contribution in [1.29, 1.82) is 0 Å². The topological polar surface area (TPSA) is 117 Å². The Balaban J connectivity index is 1.59. The summed E-state index contributed by atoms with van der Waals surface area (Å²) in [6, 6.07) is 15.4. The Kier molecular flexibility index (Phi) is 4.70. The molecule has 8 heteroatoms. The average Bonchev–Trinajstić information content (AvgIpc) is 3.09. The van der Waals surface area contributed by atoms with E-state index < -0.39 is 12.1 Å². The predicted molar refractivity (Wildman–Crippen MR) is 89.0 cm³/mol. The van der Waals surface area contributed by atoms with E-state index in [-0.39, 0.29) is 18.1 Å². The summed E-state index contributed by atoms with van der Waals surface area (Å²) in [5.74, 6) is -0.543. The van der Waals surface area contributed by atoms with Crippen LogP contribution in [0.2, 0.25) is 0 Å². The van der Waals surface area contributed by atoms with Crippen molar-refractivity contribution in [2.45, 2.75) is 6.61 Å². The number of anilines is 1. The molecule has 1 amide bonds. The Morgan fingerprint density at radius 3 is 2.48 bits per heavy atom.